The largest absolute Gasteiger partial charge is 0.478 e. The first kappa shape index (κ1) is 14.7. The zero-order valence-corrected chi connectivity index (χ0v) is 11.3. The van der Waals surface area contributed by atoms with Crippen molar-refractivity contribution in [3.63, 3.8) is 0 Å². The van der Waals surface area contributed by atoms with E-state index in [2.05, 4.69) is 4.98 Å². The van der Waals surface area contributed by atoms with Crippen molar-refractivity contribution in [3.8, 4) is 0 Å². The molecular weight excluding hydrogens is 263 g/mol. The minimum atomic E-state index is -1.31. The van der Waals surface area contributed by atoms with Gasteiger partial charge in [-0.1, -0.05) is 19.3 Å². The number of pyridine rings is 1. The van der Waals surface area contributed by atoms with E-state index >= 15 is 0 Å². The minimum absolute atomic E-state index is 0.0332. The lowest BCUT2D eigenvalue weighted by atomic mass is 9.94. The number of aliphatic hydroxyl groups is 1. The zero-order chi connectivity index (χ0) is 14.5. The Labute approximate surface area is 117 Å². The monoisotopic (exact) mass is 282 g/mol. The number of aliphatic hydroxyl groups excluding tert-OH is 1. The van der Waals surface area contributed by atoms with E-state index < -0.39 is 11.8 Å². The molecule has 110 valence electrons. The topological polar surface area (TPSA) is 73.7 Å². The van der Waals surface area contributed by atoms with Crippen LogP contribution in [0.2, 0.25) is 0 Å². The molecule has 0 aliphatic heterocycles. The molecule has 1 aromatic rings. The van der Waals surface area contributed by atoms with E-state index in [9.17, 15) is 14.3 Å². The van der Waals surface area contributed by atoms with Crippen molar-refractivity contribution in [2.75, 3.05) is 18.1 Å². The van der Waals surface area contributed by atoms with Crippen molar-refractivity contribution in [1.29, 1.82) is 0 Å². The van der Waals surface area contributed by atoms with Crippen LogP contribution in [0.3, 0.4) is 0 Å². The quantitative estimate of drug-likeness (QED) is 0.864. The highest BCUT2D eigenvalue weighted by Crippen LogP contribution is 2.28. The summed E-state index contributed by atoms with van der Waals surface area (Å²) in [6.07, 6.45) is 6.42. The summed E-state index contributed by atoms with van der Waals surface area (Å²) in [5.41, 5.74) is -0.381. The van der Waals surface area contributed by atoms with E-state index in [0.717, 1.165) is 38.2 Å². The number of hydrogen-bond acceptors (Lipinski definition) is 4. The van der Waals surface area contributed by atoms with Crippen LogP contribution in [-0.2, 0) is 0 Å². The Morgan fingerprint density at radius 2 is 2.10 bits per heavy atom. The van der Waals surface area contributed by atoms with E-state index in [1.54, 1.807) is 4.90 Å². The van der Waals surface area contributed by atoms with Gasteiger partial charge in [0.1, 0.15) is 5.56 Å². The van der Waals surface area contributed by atoms with Crippen LogP contribution >= 0.6 is 0 Å². The van der Waals surface area contributed by atoms with Gasteiger partial charge >= 0.3 is 5.97 Å². The van der Waals surface area contributed by atoms with E-state index in [4.69, 9.17) is 5.11 Å². The molecular formula is C14H19FN2O3. The van der Waals surface area contributed by atoms with Gasteiger partial charge in [0.25, 0.3) is 0 Å². The molecule has 1 aliphatic rings. The van der Waals surface area contributed by atoms with Gasteiger partial charge in [-0.25, -0.2) is 14.2 Å². The van der Waals surface area contributed by atoms with Gasteiger partial charge in [0, 0.05) is 18.8 Å². The maximum Gasteiger partial charge on any atom is 0.338 e. The van der Waals surface area contributed by atoms with Gasteiger partial charge in [-0.05, 0) is 18.9 Å². The van der Waals surface area contributed by atoms with Crippen molar-refractivity contribution in [2.45, 2.75) is 38.1 Å². The van der Waals surface area contributed by atoms with Crippen molar-refractivity contribution in [2.24, 2.45) is 0 Å². The molecule has 0 saturated heterocycles. The van der Waals surface area contributed by atoms with Gasteiger partial charge < -0.3 is 15.1 Å². The normalized spacial score (nSPS) is 16.1. The van der Waals surface area contributed by atoms with Crippen molar-refractivity contribution in [3.05, 3.63) is 23.6 Å². The third kappa shape index (κ3) is 3.07. The number of aromatic nitrogens is 1. The van der Waals surface area contributed by atoms with Crippen LogP contribution in [-0.4, -0.2) is 40.4 Å². The Morgan fingerprint density at radius 1 is 1.40 bits per heavy atom. The Kier molecular flexibility index (Phi) is 4.89. The molecule has 5 nitrogen and oxygen atoms in total. The Balaban J connectivity index is 2.33. The number of hydrogen-bond donors (Lipinski definition) is 2. The summed E-state index contributed by atoms with van der Waals surface area (Å²) in [6.45, 7) is 0.145. The highest BCUT2D eigenvalue weighted by atomic mass is 19.1. The zero-order valence-electron chi connectivity index (χ0n) is 11.3. The van der Waals surface area contributed by atoms with Crippen molar-refractivity contribution >= 4 is 11.8 Å². The Morgan fingerprint density at radius 3 is 2.70 bits per heavy atom. The molecule has 1 heterocycles. The number of rotatable bonds is 5. The van der Waals surface area contributed by atoms with E-state index in [0.29, 0.717) is 0 Å². The predicted molar refractivity (Wildman–Crippen MR) is 72.5 cm³/mol. The average molecular weight is 282 g/mol. The second-order valence-electron chi connectivity index (χ2n) is 5.01. The van der Waals surface area contributed by atoms with Crippen molar-refractivity contribution in [1.82, 2.24) is 4.98 Å². The molecule has 2 N–H and O–H groups in total. The fourth-order valence-corrected chi connectivity index (χ4v) is 2.76. The molecule has 0 unspecified atom stereocenters. The summed E-state index contributed by atoms with van der Waals surface area (Å²) >= 11 is 0. The van der Waals surface area contributed by atoms with Gasteiger partial charge in [-0.3, -0.25) is 0 Å². The van der Waals surface area contributed by atoms with E-state index in [1.165, 1.54) is 6.20 Å². The first-order valence-corrected chi connectivity index (χ1v) is 6.90. The Hall–Kier alpha value is -1.69. The second-order valence-corrected chi connectivity index (χ2v) is 5.01. The molecule has 6 heteroatoms. The summed E-state index contributed by atoms with van der Waals surface area (Å²) in [4.78, 5) is 16.7. The van der Waals surface area contributed by atoms with E-state index in [1.807, 2.05) is 0 Å². The number of nitrogens with zero attached hydrogens (tertiary/aromatic N) is 2. The van der Waals surface area contributed by atoms with Crippen LogP contribution in [0.15, 0.2) is 12.3 Å². The minimum Gasteiger partial charge on any atom is -0.478 e. The SMILES string of the molecule is O=C(O)c1ccnc(N(CCO)C2CCCCC2)c1F. The number of carboxylic acids is 1. The second kappa shape index (κ2) is 6.65. The molecule has 1 aromatic heterocycles. The predicted octanol–water partition coefficient (Wildman–Crippen LogP) is 2.05. The van der Waals surface area contributed by atoms with Gasteiger partial charge in [0.2, 0.25) is 0 Å². The number of halogens is 1. The van der Waals surface area contributed by atoms with Crippen LogP contribution in [0.1, 0.15) is 42.5 Å². The van der Waals surface area contributed by atoms with Gasteiger partial charge in [-0.2, -0.15) is 0 Å². The van der Waals surface area contributed by atoms with Gasteiger partial charge in [0.05, 0.1) is 6.61 Å². The molecule has 1 aliphatic carbocycles. The summed E-state index contributed by atoms with van der Waals surface area (Å²) in [5, 5.41) is 18.2. The standard InChI is InChI=1S/C14H19FN2O3/c15-12-11(14(19)20)6-7-16-13(12)17(8-9-18)10-4-2-1-3-5-10/h6-7,10,18H,1-5,8-9H2,(H,19,20). The molecule has 0 spiro atoms. The third-order valence-electron chi connectivity index (χ3n) is 3.73. The maximum atomic E-state index is 14.3. The highest BCUT2D eigenvalue weighted by molar-refractivity contribution is 5.88. The lowest BCUT2D eigenvalue weighted by molar-refractivity contribution is 0.0691. The average Bonchev–Trinajstić information content (AvgIpc) is 2.46. The molecule has 1 saturated carbocycles. The smallest absolute Gasteiger partial charge is 0.338 e. The lowest BCUT2D eigenvalue weighted by Gasteiger charge is -2.35. The molecule has 0 bridgehead atoms. The van der Waals surface area contributed by atoms with Crippen LogP contribution in [0.4, 0.5) is 10.2 Å². The summed E-state index contributed by atoms with van der Waals surface area (Å²) in [6, 6.07) is 1.26. The first-order valence-electron chi connectivity index (χ1n) is 6.90. The van der Waals surface area contributed by atoms with Crippen molar-refractivity contribution < 1.29 is 19.4 Å². The first-order chi connectivity index (χ1) is 9.65. The summed E-state index contributed by atoms with van der Waals surface area (Å²) in [7, 11) is 0. The fraction of sp³-hybridized carbons (Fsp3) is 0.571. The molecule has 2 rings (SSSR count). The lowest BCUT2D eigenvalue weighted by Crippen LogP contribution is -2.40. The number of carboxylic acid groups (broad SMARTS) is 1. The van der Waals surface area contributed by atoms with E-state index in [-0.39, 0.29) is 30.6 Å². The molecule has 1 fully saturated rings. The summed E-state index contributed by atoms with van der Waals surface area (Å²) in [5.74, 6) is -2.09. The molecule has 0 radical (unpaired) electrons. The van der Waals surface area contributed by atoms with Gasteiger partial charge in [0.15, 0.2) is 11.6 Å². The van der Waals surface area contributed by atoms with Crippen LogP contribution in [0, 0.1) is 5.82 Å². The third-order valence-corrected chi connectivity index (χ3v) is 3.73. The van der Waals surface area contributed by atoms with Crippen LogP contribution in [0.25, 0.3) is 0 Å². The molecule has 0 atom stereocenters. The highest BCUT2D eigenvalue weighted by Gasteiger charge is 2.26. The Bertz CT molecular complexity index is 475. The van der Waals surface area contributed by atoms with Gasteiger partial charge in [-0.15, -0.1) is 0 Å². The maximum absolute atomic E-state index is 14.3. The molecule has 0 amide bonds. The number of carbonyl (C=O) groups is 1. The number of anilines is 1. The molecule has 0 aromatic carbocycles. The molecule has 20 heavy (non-hydrogen) atoms. The fourth-order valence-electron chi connectivity index (χ4n) is 2.76. The van der Waals surface area contributed by atoms with Crippen LogP contribution < -0.4 is 4.90 Å². The summed E-state index contributed by atoms with van der Waals surface area (Å²) < 4.78 is 14.3. The van der Waals surface area contributed by atoms with Crippen LogP contribution in [0.5, 0.6) is 0 Å². The number of aromatic carboxylic acids is 1.